The van der Waals surface area contributed by atoms with Gasteiger partial charge in [0.1, 0.15) is 11.9 Å². The highest BCUT2D eigenvalue weighted by molar-refractivity contribution is 5.87. The molecule has 1 amide bonds. The number of hydrogen-bond donors (Lipinski definition) is 1. The molecule has 2 aromatic rings. The predicted molar refractivity (Wildman–Crippen MR) is 94.3 cm³/mol. The van der Waals surface area contributed by atoms with Crippen LogP contribution in [0.1, 0.15) is 6.92 Å². The first-order valence-electron chi connectivity index (χ1n) is 7.58. The van der Waals surface area contributed by atoms with Crippen molar-refractivity contribution < 1.29 is 9.53 Å². The van der Waals surface area contributed by atoms with Crippen LogP contribution in [0.2, 0.25) is 0 Å². The van der Waals surface area contributed by atoms with E-state index < -0.39 is 0 Å². The van der Waals surface area contributed by atoms with Crippen LogP contribution in [0.25, 0.3) is 11.1 Å². The Morgan fingerprint density at radius 1 is 1.00 bits per heavy atom. The maximum atomic E-state index is 11.0. The van der Waals surface area contributed by atoms with E-state index in [0.29, 0.717) is 0 Å². The highest BCUT2D eigenvalue weighted by atomic mass is 16.5. The lowest BCUT2D eigenvalue weighted by Gasteiger charge is -2.11. The highest BCUT2D eigenvalue weighted by Crippen LogP contribution is 2.22. The molecule has 0 aliphatic rings. The van der Waals surface area contributed by atoms with Gasteiger partial charge in [0.15, 0.2) is 0 Å². The number of amides is 1. The molecule has 0 radical (unpaired) electrons. The molecule has 3 heteroatoms. The van der Waals surface area contributed by atoms with Crippen LogP contribution in [0.15, 0.2) is 78.9 Å². The lowest BCUT2D eigenvalue weighted by atomic mass is 10.1. The minimum absolute atomic E-state index is 0.0769. The second-order valence-electron chi connectivity index (χ2n) is 5.07. The van der Waals surface area contributed by atoms with Crippen LogP contribution in [0.4, 0.5) is 0 Å². The molecular weight excluding hydrogens is 286 g/mol. The second-order valence-corrected chi connectivity index (χ2v) is 5.07. The zero-order valence-corrected chi connectivity index (χ0v) is 13.4. The van der Waals surface area contributed by atoms with Gasteiger partial charge >= 0.3 is 0 Å². The van der Waals surface area contributed by atoms with Gasteiger partial charge in [-0.3, -0.25) is 4.79 Å². The van der Waals surface area contributed by atoms with Gasteiger partial charge in [0.25, 0.3) is 0 Å². The Balaban J connectivity index is 1.92. The average Bonchev–Trinajstić information content (AvgIpc) is 2.60. The third-order valence-corrected chi connectivity index (χ3v) is 3.27. The summed E-state index contributed by atoms with van der Waals surface area (Å²) in [6.07, 6.45) is 6.78. The number of hydrogen-bond acceptors (Lipinski definition) is 2. The van der Waals surface area contributed by atoms with Gasteiger partial charge in [0.2, 0.25) is 5.91 Å². The summed E-state index contributed by atoms with van der Waals surface area (Å²) in [6, 6.07) is 18.3. The SMILES string of the molecule is CNC(=O)/C=C/C=C/[C@@H](C)Oc1ccc(-c2ccccc2)cc1. The zero-order chi connectivity index (χ0) is 16.5. The number of carbonyl (C=O) groups is 1. The van der Waals surface area contributed by atoms with E-state index in [1.807, 2.05) is 55.5 Å². The zero-order valence-electron chi connectivity index (χ0n) is 13.4. The first kappa shape index (κ1) is 16.6. The molecule has 0 aliphatic heterocycles. The van der Waals surface area contributed by atoms with Gasteiger partial charge in [-0.2, -0.15) is 0 Å². The molecule has 0 heterocycles. The number of carbonyl (C=O) groups excluding carboxylic acids is 1. The summed E-state index contributed by atoms with van der Waals surface area (Å²) < 4.78 is 5.82. The number of likely N-dealkylation sites (N-methyl/N-ethyl adjacent to an activating group) is 1. The highest BCUT2D eigenvalue weighted by Gasteiger charge is 2.01. The van der Waals surface area contributed by atoms with E-state index in [4.69, 9.17) is 4.74 Å². The van der Waals surface area contributed by atoms with Gasteiger partial charge in [0, 0.05) is 13.1 Å². The minimum atomic E-state index is -0.125. The molecule has 0 aliphatic carbocycles. The molecule has 0 saturated carbocycles. The van der Waals surface area contributed by atoms with Crippen molar-refractivity contribution >= 4 is 5.91 Å². The smallest absolute Gasteiger partial charge is 0.243 e. The Morgan fingerprint density at radius 2 is 1.65 bits per heavy atom. The molecule has 23 heavy (non-hydrogen) atoms. The van der Waals surface area contributed by atoms with Crippen molar-refractivity contribution in [3.8, 4) is 16.9 Å². The molecule has 0 bridgehead atoms. The summed E-state index contributed by atoms with van der Waals surface area (Å²) in [7, 11) is 1.60. The Bertz CT molecular complexity index is 673. The quantitative estimate of drug-likeness (QED) is 0.647. The molecule has 0 saturated heterocycles. The van der Waals surface area contributed by atoms with Gasteiger partial charge in [0.05, 0.1) is 0 Å². The van der Waals surface area contributed by atoms with E-state index in [2.05, 4.69) is 17.4 Å². The van der Waals surface area contributed by atoms with Gasteiger partial charge in [-0.15, -0.1) is 0 Å². The van der Waals surface area contributed by atoms with Crippen LogP contribution < -0.4 is 10.1 Å². The van der Waals surface area contributed by atoms with Crippen molar-refractivity contribution in [3.63, 3.8) is 0 Å². The number of ether oxygens (including phenoxy) is 1. The Kier molecular flexibility index (Phi) is 6.18. The molecule has 0 spiro atoms. The standard InChI is InChI=1S/C20H21NO2/c1-16(8-6-7-11-20(22)21-2)23-19-14-12-18(13-15-19)17-9-4-3-5-10-17/h3-16H,1-2H3,(H,21,22)/b8-6+,11-7+/t16-/m1/s1. The summed E-state index contributed by atoms with van der Waals surface area (Å²) in [4.78, 5) is 11.0. The summed E-state index contributed by atoms with van der Waals surface area (Å²) in [6.45, 7) is 1.95. The molecule has 118 valence electrons. The summed E-state index contributed by atoms with van der Waals surface area (Å²) >= 11 is 0. The van der Waals surface area contributed by atoms with Crippen molar-refractivity contribution in [2.75, 3.05) is 7.05 Å². The van der Waals surface area contributed by atoms with E-state index in [-0.39, 0.29) is 12.0 Å². The second kappa shape index (κ2) is 8.59. The van der Waals surface area contributed by atoms with E-state index in [1.54, 1.807) is 19.2 Å². The summed E-state index contributed by atoms with van der Waals surface area (Å²) in [5.41, 5.74) is 2.35. The van der Waals surface area contributed by atoms with E-state index in [9.17, 15) is 4.79 Å². The summed E-state index contributed by atoms with van der Waals surface area (Å²) in [5, 5.41) is 2.52. The number of nitrogens with one attached hydrogen (secondary N) is 1. The third kappa shape index (κ3) is 5.47. The Hall–Kier alpha value is -2.81. The first-order chi connectivity index (χ1) is 11.2. The van der Waals surface area contributed by atoms with E-state index in [1.165, 1.54) is 11.6 Å². The molecule has 1 N–H and O–H groups in total. The van der Waals surface area contributed by atoms with E-state index in [0.717, 1.165) is 11.3 Å². The fraction of sp³-hybridized carbons (Fsp3) is 0.150. The average molecular weight is 307 g/mol. The molecule has 2 aromatic carbocycles. The van der Waals surface area contributed by atoms with Crippen LogP contribution in [0.3, 0.4) is 0 Å². The van der Waals surface area contributed by atoms with Crippen LogP contribution in [-0.2, 0) is 4.79 Å². The van der Waals surface area contributed by atoms with Gasteiger partial charge in [-0.25, -0.2) is 0 Å². The normalized spacial score (nSPS) is 12.4. The Labute approximate surface area is 137 Å². The van der Waals surface area contributed by atoms with Crippen molar-refractivity contribution in [2.24, 2.45) is 0 Å². The van der Waals surface area contributed by atoms with Crippen LogP contribution in [-0.4, -0.2) is 19.1 Å². The molecular formula is C20H21NO2. The van der Waals surface area contributed by atoms with Crippen LogP contribution in [0.5, 0.6) is 5.75 Å². The van der Waals surface area contributed by atoms with Crippen molar-refractivity contribution in [1.82, 2.24) is 5.32 Å². The van der Waals surface area contributed by atoms with Crippen molar-refractivity contribution in [3.05, 3.63) is 78.9 Å². The number of rotatable bonds is 6. The number of benzene rings is 2. The first-order valence-corrected chi connectivity index (χ1v) is 7.58. The fourth-order valence-electron chi connectivity index (χ4n) is 2.06. The largest absolute Gasteiger partial charge is 0.487 e. The predicted octanol–water partition coefficient (Wildman–Crippen LogP) is 3.98. The number of allylic oxidation sites excluding steroid dienone is 2. The topological polar surface area (TPSA) is 38.3 Å². The maximum Gasteiger partial charge on any atom is 0.243 e. The van der Waals surface area contributed by atoms with Gasteiger partial charge < -0.3 is 10.1 Å². The molecule has 0 fully saturated rings. The fourth-order valence-corrected chi connectivity index (χ4v) is 2.06. The van der Waals surface area contributed by atoms with Gasteiger partial charge in [-0.05, 0) is 36.3 Å². The molecule has 0 unspecified atom stereocenters. The minimum Gasteiger partial charge on any atom is -0.487 e. The summed E-state index contributed by atoms with van der Waals surface area (Å²) in [5.74, 6) is 0.692. The van der Waals surface area contributed by atoms with Gasteiger partial charge in [-0.1, -0.05) is 54.6 Å². The maximum absolute atomic E-state index is 11.0. The molecule has 3 nitrogen and oxygen atoms in total. The van der Waals surface area contributed by atoms with Crippen LogP contribution >= 0.6 is 0 Å². The Morgan fingerprint density at radius 3 is 2.30 bits per heavy atom. The van der Waals surface area contributed by atoms with Crippen LogP contribution in [0, 0.1) is 0 Å². The third-order valence-electron chi connectivity index (χ3n) is 3.27. The molecule has 0 aromatic heterocycles. The molecule has 1 atom stereocenters. The lowest BCUT2D eigenvalue weighted by Crippen LogP contribution is -2.13. The van der Waals surface area contributed by atoms with Crippen molar-refractivity contribution in [2.45, 2.75) is 13.0 Å². The van der Waals surface area contributed by atoms with Crippen molar-refractivity contribution in [1.29, 1.82) is 0 Å². The lowest BCUT2D eigenvalue weighted by molar-refractivity contribution is -0.116. The van der Waals surface area contributed by atoms with E-state index >= 15 is 0 Å². The monoisotopic (exact) mass is 307 g/mol. The molecule has 2 rings (SSSR count).